The molecule has 8 nitrogen and oxygen atoms in total. The van der Waals surface area contributed by atoms with Crippen molar-refractivity contribution in [2.75, 3.05) is 37.8 Å². The molecule has 3 rings (SSSR count). The minimum Gasteiger partial charge on any atom is -0.462 e. The Kier molecular flexibility index (Phi) is 9.07. The van der Waals surface area contributed by atoms with Crippen LogP contribution < -0.4 is 10.3 Å². The highest BCUT2D eigenvalue weighted by Gasteiger charge is 2.38. The molecule has 1 atom stereocenters. The molecule has 36 heavy (non-hydrogen) atoms. The largest absolute Gasteiger partial charge is 0.462 e. The van der Waals surface area contributed by atoms with Crippen LogP contribution in [0, 0.1) is 5.92 Å². The SMILES string of the molecule is CCOC(=O)c1cn([C@H](CCC(C)(C)[Si](C)(C)O)C(C)C)c2nc(N3CCOCC3)c(Br)cc2c1=O. The van der Waals surface area contributed by atoms with Crippen LogP contribution in [0.5, 0.6) is 0 Å². The Balaban J connectivity index is 2.22. The van der Waals surface area contributed by atoms with Crippen LogP contribution >= 0.6 is 15.9 Å². The summed E-state index contributed by atoms with van der Waals surface area (Å²) < 4.78 is 13.4. The Morgan fingerprint density at radius 3 is 2.50 bits per heavy atom. The number of pyridine rings is 2. The monoisotopic (exact) mass is 581 g/mol. The second-order valence-electron chi connectivity index (χ2n) is 11.1. The lowest BCUT2D eigenvalue weighted by molar-refractivity contribution is 0.0523. The van der Waals surface area contributed by atoms with Crippen LogP contribution in [0.2, 0.25) is 18.1 Å². The van der Waals surface area contributed by atoms with Gasteiger partial charge in [0.05, 0.1) is 29.7 Å². The summed E-state index contributed by atoms with van der Waals surface area (Å²) in [5, 5.41) is 0.181. The van der Waals surface area contributed by atoms with E-state index in [-0.39, 0.29) is 34.6 Å². The zero-order valence-corrected chi connectivity index (χ0v) is 25.1. The predicted molar refractivity (Wildman–Crippen MR) is 150 cm³/mol. The van der Waals surface area contributed by atoms with Gasteiger partial charge in [0.2, 0.25) is 5.43 Å². The van der Waals surface area contributed by atoms with Crippen molar-refractivity contribution >= 4 is 47.1 Å². The first-order valence-electron chi connectivity index (χ1n) is 12.8. The van der Waals surface area contributed by atoms with Crippen molar-refractivity contribution in [1.82, 2.24) is 9.55 Å². The maximum absolute atomic E-state index is 13.4. The van der Waals surface area contributed by atoms with Crippen LogP contribution in [0.25, 0.3) is 11.0 Å². The highest BCUT2D eigenvalue weighted by Crippen LogP contribution is 2.43. The summed E-state index contributed by atoms with van der Waals surface area (Å²) in [6, 6.07) is 1.74. The van der Waals surface area contributed by atoms with Gasteiger partial charge < -0.3 is 23.7 Å². The third-order valence-corrected chi connectivity index (χ3v) is 11.7. The van der Waals surface area contributed by atoms with E-state index in [9.17, 15) is 14.4 Å². The number of aromatic nitrogens is 2. The first-order valence-corrected chi connectivity index (χ1v) is 16.5. The molecule has 1 N–H and O–H groups in total. The van der Waals surface area contributed by atoms with Gasteiger partial charge in [0.1, 0.15) is 17.0 Å². The number of carbonyl (C=O) groups excluding carboxylic acids is 1. The Morgan fingerprint density at radius 2 is 1.94 bits per heavy atom. The number of fused-ring (bicyclic) bond motifs is 1. The third kappa shape index (κ3) is 6.03. The minimum absolute atomic E-state index is 0.0129. The van der Waals surface area contributed by atoms with Gasteiger partial charge in [-0.15, -0.1) is 0 Å². The van der Waals surface area contributed by atoms with Gasteiger partial charge in [0.25, 0.3) is 0 Å². The van der Waals surface area contributed by atoms with E-state index >= 15 is 0 Å². The molecule has 0 saturated carbocycles. The smallest absolute Gasteiger partial charge is 0.343 e. The number of esters is 1. The number of ether oxygens (including phenoxy) is 2. The van der Waals surface area contributed by atoms with Crippen molar-refractivity contribution in [3.05, 3.63) is 32.5 Å². The molecule has 0 radical (unpaired) electrons. The molecule has 1 fully saturated rings. The van der Waals surface area contributed by atoms with E-state index in [1.807, 2.05) is 17.7 Å². The molecule has 0 unspecified atom stereocenters. The van der Waals surface area contributed by atoms with Crippen molar-refractivity contribution in [2.24, 2.45) is 5.92 Å². The molecule has 3 heterocycles. The van der Waals surface area contributed by atoms with Gasteiger partial charge in [0, 0.05) is 25.3 Å². The molecule has 200 valence electrons. The van der Waals surface area contributed by atoms with Crippen LogP contribution in [-0.2, 0) is 9.47 Å². The predicted octanol–water partition coefficient (Wildman–Crippen LogP) is 5.13. The molecule has 0 bridgehead atoms. The average molecular weight is 583 g/mol. The van der Waals surface area contributed by atoms with E-state index in [0.717, 1.165) is 18.7 Å². The molecule has 1 aliphatic heterocycles. The highest BCUT2D eigenvalue weighted by molar-refractivity contribution is 9.10. The number of morpholine rings is 1. The summed E-state index contributed by atoms with van der Waals surface area (Å²) >= 11 is 3.62. The molecule has 0 aliphatic carbocycles. The van der Waals surface area contributed by atoms with Crippen molar-refractivity contribution in [2.45, 2.75) is 71.6 Å². The fraction of sp³-hybridized carbons (Fsp3) is 0.654. The van der Waals surface area contributed by atoms with Gasteiger partial charge in [0.15, 0.2) is 8.32 Å². The lowest BCUT2D eigenvalue weighted by Crippen LogP contribution is -2.39. The fourth-order valence-electron chi connectivity index (χ4n) is 4.45. The number of halogens is 1. The van der Waals surface area contributed by atoms with E-state index in [1.165, 1.54) is 0 Å². The topological polar surface area (TPSA) is 93.9 Å². The first kappa shape index (κ1) is 28.8. The van der Waals surface area contributed by atoms with Gasteiger partial charge >= 0.3 is 5.97 Å². The molecule has 0 amide bonds. The van der Waals surface area contributed by atoms with Gasteiger partial charge in [-0.1, -0.05) is 27.7 Å². The van der Waals surface area contributed by atoms with Crippen LogP contribution in [0.3, 0.4) is 0 Å². The van der Waals surface area contributed by atoms with Crippen LogP contribution in [0.4, 0.5) is 5.82 Å². The molecule has 0 aromatic carbocycles. The molecule has 2 aromatic heterocycles. The van der Waals surface area contributed by atoms with Crippen LogP contribution in [0.1, 0.15) is 63.9 Å². The maximum Gasteiger partial charge on any atom is 0.343 e. The van der Waals surface area contributed by atoms with Gasteiger partial charge in [-0.2, -0.15) is 0 Å². The van der Waals surface area contributed by atoms with Crippen molar-refractivity contribution in [3.63, 3.8) is 0 Å². The second-order valence-corrected chi connectivity index (χ2v) is 16.4. The molecular weight excluding hydrogens is 542 g/mol. The van der Waals surface area contributed by atoms with Gasteiger partial charge in [-0.05, 0) is 65.8 Å². The van der Waals surface area contributed by atoms with Crippen LogP contribution in [0.15, 0.2) is 21.5 Å². The number of rotatable bonds is 9. The number of hydrogen-bond donors (Lipinski definition) is 1. The Morgan fingerprint density at radius 1 is 1.31 bits per heavy atom. The number of anilines is 1. The van der Waals surface area contributed by atoms with E-state index in [1.54, 1.807) is 19.2 Å². The zero-order valence-electron chi connectivity index (χ0n) is 22.6. The molecule has 2 aromatic rings. The molecule has 1 saturated heterocycles. The highest BCUT2D eigenvalue weighted by atomic mass is 79.9. The van der Waals surface area contributed by atoms with Crippen molar-refractivity contribution in [1.29, 1.82) is 0 Å². The number of nitrogens with zero attached hydrogens (tertiary/aromatic N) is 3. The van der Waals surface area contributed by atoms with Gasteiger partial charge in [-0.3, -0.25) is 4.79 Å². The average Bonchev–Trinajstić information content (AvgIpc) is 2.80. The van der Waals surface area contributed by atoms with E-state index in [2.05, 4.69) is 48.5 Å². The summed E-state index contributed by atoms with van der Waals surface area (Å²) in [6.45, 7) is 17.0. The molecular formula is C26H40BrN3O5Si. The summed E-state index contributed by atoms with van der Waals surface area (Å²) in [5.41, 5.74) is 0.182. The summed E-state index contributed by atoms with van der Waals surface area (Å²) in [7, 11) is -2.40. The number of hydrogen-bond acceptors (Lipinski definition) is 7. The normalized spacial score (nSPS) is 16.0. The summed E-state index contributed by atoms with van der Waals surface area (Å²) in [4.78, 5) is 44.2. The third-order valence-electron chi connectivity index (χ3n) is 7.59. The van der Waals surface area contributed by atoms with E-state index < -0.39 is 14.3 Å². The van der Waals surface area contributed by atoms with E-state index in [0.29, 0.717) is 41.8 Å². The zero-order chi connectivity index (χ0) is 26.8. The quantitative estimate of drug-likeness (QED) is 0.324. The second kappa shape index (κ2) is 11.3. The molecule has 1 aliphatic rings. The lowest BCUT2D eigenvalue weighted by atomic mass is 9.94. The Labute approximate surface area is 223 Å². The summed E-state index contributed by atoms with van der Waals surface area (Å²) in [6.07, 6.45) is 3.21. The molecule has 0 spiro atoms. The van der Waals surface area contributed by atoms with E-state index in [4.69, 9.17) is 14.5 Å². The number of carbonyl (C=O) groups is 1. The standard InChI is InChI=1S/C26H40BrN3O5Si/c1-8-35-25(32)19-16-30(21(17(2)3)9-10-26(4,5)36(6,7)33)23-18(22(19)31)15-20(27)24(28-23)29-11-13-34-14-12-29/h15-17,21,33H,8-14H2,1-7H3/t21-/m1/s1. The molecule has 10 heteroatoms. The minimum atomic E-state index is -2.40. The maximum atomic E-state index is 13.4. The lowest BCUT2D eigenvalue weighted by Gasteiger charge is -2.37. The summed E-state index contributed by atoms with van der Waals surface area (Å²) in [5.74, 6) is 0.329. The van der Waals surface area contributed by atoms with Gasteiger partial charge in [-0.25, -0.2) is 9.78 Å². The Hall–Kier alpha value is -1.75. The fourth-order valence-corrected chi connectivity index (χ4v) is 5.77. The van der Waals surface area contributed by atoms with Crippen molar-refractivity contribution < 1.29 is 19.1 Å². The van der Waals surface area contributed by atoms with Crippen LogP contribution in [-0.4, -0.2) is 61.5 Å². The first-order chi connectivity index (χ1) is 16.8. The van der Waals surface area contributed by atoms with Crippen molar-refractivity contribution in [3.8, 4) is 0 Å². The Bertz CT molecular complexity index is 1150.